The number of methoxy groups -OCH3 is 1. The number of piperazine rings is 2. The van der Waals surface area contributed by atoms with Crippen LogP contribution < -0.4 is 53.0 Å². The van der Waals surface area contributed by atoms with Crippen molar-refractivity contribution in [2.24, 2.45) is 0 Å². The van der Waals surface area contributed by atoms with Gasteiger partial charge in [0.1, 0.15) is 0 Å². The van der Waals surface area contributed by atoms with E-state index in [1.54, 1.807) is 44.3 Å². The Kier molecular flexibility index (Phi) is 10.6. The standard InChI is InChI=1S/C19H22N8O.C18H20N8O/c1-28-19-23-10-14(11-24-19)13-3-2-4-15(9-13)26-5-7-27(8-6-26)16-12-22-18(21)25-17(16)20;19-16-15(11-21-17(20)24-16)26-6-4-25(5-7-26)14-3-1-2-12(8-14)13-9-22-18(27)23-10-13/h2-4,9-12H,5-8H2,1H3,(H4,20,21,22,25);1-3,8-11H,4-7H2,(H,22,23,27)(H4,19,20,21,24). The van der Waals surface area contributed by atoms with Crippen molar-refractivity contribution in [3.63, 3.8) is 0 Å². The Morgan fingerprint density at radius 3 is 1.45 bits per heavy atom. The fourth-order valence-electron chi connectivity index (χ4n) is 6.54. The summed E-state index contributed by atoms with van der Waals surface area (Å²) in [7, 11) is 1.55. The normalized spacial score (nSPS) is 14.3. The number of anilines is 8. The van der Waals surface area contributed by atoms with Gasteiger partial charge < -0.3 is 52.3 Å². The molecule has 2 saturated heterocycles. The van der Waals surface area contributed by atoms with Crippen molar-refractivity contribution in [3.8, 4) is 28.3 Å². The Morgan fingerprint density at radius 1 is 0.564 bits per heavy atom. The van der Waals surface area contributed by atoms with Gasteiger partial charge in [-0.05, 0) is 35.4 Å². The Balaban J connectivity index is 0.000000169. The summed E-state index contributed by atoms with van der Waals surface area (Å²) >= 11 is 0. The van der Waals surface area contributed by atoms with Crippen LogP contribution in [0.5, 0.6) is 6.01 Å². The number of aromatic nitrogens is 8. The quantitative estimate of drug-likeness (QED) is 0.157. The van der Waals surface area contributed by atoms with E-state index in [1.165, 1.54) is 0 Å². The molecule has 0 unspecified atom stereocenters. The molecule has 6 heterocycles. The molecule has 2 fully saturated rings. The number of benzene rings is 2. The zero-order valence-electron chi connectivity index (χ0n) is 30.3. The minimum atomic E-state index is -0.350. The van der Waals surface area contributed by atoms with Gasteiger partial charge in [-0.2, -0.15) is 9.97 Å². The Bertz CT molecular complexity index is 2270. The third-order valence-corrected chi connectivity index (χ3v) is 9.45. The number of aromatic amines is 1. The van der Waals surface area contributed by atoms with Crippen molar-refractivity contribution in [2.75, 3.05) is 102 Å². The topological polar surface area (TPSA) is 249 Å². The average Bonchev–Trinajstić information content (AvgIpc) is 3.22. The van der Waals surface area contributed by atoms with Crippen LogP contribution in [0.3, 0.4) is 0 Å². The predicted octanol–water partition coefficient (Wildman–Crippen LogP) is 2.15. The van der Waals surface area contributed by atoms with E-state index in [2.05, 4.69) is 89.8 Å². The Hall–Kier alpha value is -7.24. The number of nitrogens with one attached hydrogen (secondary N) is 1. The summed E-state index contributed by atoms with van der Waals surface area (Å²) in [6, 6.07) is 16.9. The van der Waals surface area contributed by atoms with Crippen LogP contribution >= 0.6 is 0 Å². The van der Waals surface area contributed by atoms with Crippen molar-refractivity contribution in [1.29, 1.82) is 0 Å². The second-order valence-electron chi connectivity index (χ2n) is 12.8. The van der Waals surface area contributed by atoms with Crippen LogP contribution in [0.15, 0.2) is 90.5 Å². The monoisotopic (exact) mass is 742 g/mol. The maximum Gasteiger partial charge on any atom is 0.344 e. The number of nitrogen functional groups attached to an aromatic ring is 4. The third kappa shape index (κ3) is 8.54. The number of H-pyrrole nitrogens is 1. The van der Waals surface area contributed by atoms with Gasteiger partial charge in [0.25, 0.3) is 0 Å². The maximum absolute atomic E-state index is 11.2. The van der Waals surface area contributed by atoms with Crippen molar-refractivity contribution in [3.05, 3.63) is 96.2 Å². The van der Waals surface area contributed by atoms with Crippen LogP contribution in [0, 0.1) is 0 Å². The third-order valence-electron chi connectivity index (χ3n) is 9.45. The highest BCUT2D eigenvalue weighted by atomic mass is 16.5. The van der Waals surface area contributed by atoms with Gasteiger partial charge in [0.15, 0.2) is 11.6 Å². The fraction of sp³-hybridized carbons (Fsp3) is 0.243. The van der Waals surface area contributed by atoms with E-state index in [1.807, 2.05) is 18.2 Å². The highest BCUT2D eigenvalue weighted by Crippen LogP contribution is 2.29. The molecule has 18 nitrogen and oxygen atoms in total. The van der Waals surface area contributed by atoms with Gasteiger partial charge in [-0.1, -0.05) is 24.3 Å². The molecule has 2 aliphatic heterocycles. The molecule has 0 aliphatic carbocycles. The Morgan fingerprint density at radius 2 is 1.02 bits per heavy atom. The average molecular weight is 743 g/mol. The summed E-state index contributed by atoms with van der Waals surface area (Å²) < 4.78 is 5.03. The van der Waals surface area contributed by atoms with E-state index < -0.39 is 0 Å². The van der Waals surface area contributed by atoms with E-state index in [9.17, 15) is 4.79 Å². The highest BCUT2D eigenvalue weighted by Gasteiger charge is 2.22. The molecule has 8 rings (SSSR count). The summed E-state index contributed by atoms with van der Waals surface area (Å²) in [6.45, 7) is 6.69. The molecular weight excluding hydrogens is 701 g/mol. The van der Waals surface area contributed by atoms with Gasteiger partial charge in [-0.15, -0.1) is 0 Å². The molecule has 18 heteroatoms. The highest BCUT2D eigenvalue weighted by molar-refractivity contribution is 5.70. The van der Waals surface area contributed by atoms with Crippen molar-refractivity contribution >= 4 is 46.3 Å². The Labute approximate surface area is 316 Å². The summed E-state index contributed by atoms with van der Waals surface area (Å²) in [5.74, 6) is 1.20. The fourth-order valence-corrected chi connectivity index (χ4v) is 6.54. The van der Waals surface area contributed by atoms with Gasteiger partial charge in [-0.3, -0.25) is 0 Å². The second-order valence-corrected chi connectivity index (χ2v) is 12.8. The van der Waals surface area contributed by atoms with Crippen LogP contribution in [0.4, 0.5) is 46.3 Å². The summed E-state index contributed by atoms with van der Waals surface area (Å²) in [5.41, 5.74) is 30.6. The van der Waals surface area contributed by atoms with Crippen LogP contribution in [0.25, 0.3) is 22.3 Å². The molecule has 2 aromatic carbocycles. The molecule has 0 spiro atoms. The molecular formula is C37H42N16O2. The molecule has 0 amide bonds. The minimum absolute atomic E-state index is 0.184. The zero-order chi connectivity index (χ0) is 38.3. The van der Waals surface area contributed by atoms with Gasteiger partial charge >= 0.3 is 11.7 Å². The molecule has 0 radical (unpaired) electrons. The number of hydrogen-bond acceptors (Lipinski definition) is 17. The summed E-state index contributed by atoms with van der Waals surface area (Å²) in [4.78, 5) is 51.1. The van der Waals surface area contributed by atoms with Gasteiger partial charge in [0.2, 0.25) is 11.9 Å². The molecule has 0 atom stereocenters. The molecule has 2 aliphatic rings. The molecule has 4 aromatic heterocycles. The van der Waals surface area contributed by atoms with Crippen molar-refractivity contribution < 1.29 is 4.74 Å². The molecule has 0 bridgehead atoms. The van der Waals surface area contributed by atoms with Gasteiger partial charge in [0, 0.05) is 99.6 Å². The first-order valence-corrected chi connectivity index (χ1v) is 17.6. The number of ether oxygens (including phenoxy) is 1. The summed E-state index contributed by atoms with van der Waals surface area (Å²) in [6.07, 6.45) is 10.2. The van der Waals surface area contributed by atoms with E-state index in [4.69, 9.17) is 27.7 Å². The van der Waals surface area contributed by atoms with Crippen LogP contribution in [0.2, 0.25) is 0 Å². The first-order valence-electron chi connectivity index (χ1n) is 17.6. The second kappa shape index (κ2) is 16.2. The lowest BCUT2D eigenvalue weighted by Crippen LogP contribution is -2.46. The van der Waals surface area contributed by atoms with Gasteiger partial charge in [0.05, 0.1) is 30.9 Å². The predicted molar refractivity (Wildman–Crippen MR) is 215 cm³/mol. The van der Waals surface area contributed by atoms with Gasteiger partial charge in [-0.25, -0.2) is 29.7 Å². The van der Waals surface area contributed by atoms with E-state index in [-0.39, 0.29) is 17.6 Å². The van der Waals surface area contributed by atoms with Crippen LogP contribution in [-0.4, -0.2) is 99.3 Å². The lowest BCUT2D eigenvalue weighted by molar-refractivity contribution is 0.380. The number of nitrogens with two attached hydrogens (primary N) is 4. The number of nitrogens with zero attached hydrogens (tertiary/aromatic N) is 11. The number of hydrogen-bond donors (Lipinski definition) is 5. The van der Waals surface area contributed by atoms with Crippen LogP contribution in [0.1, 0.15) is 0 Å². The lowest BCUT2D eigenvalue weighted by atomic mass is 10.1. The molecule has 55 heavy (non-hydrogen) atoms. The lowest BCUT2D eigenvalue weighted by Gasteiger charge is -2.37. The molecule has 0 saturated carbocycles. The van der Waals surface area contributed by atoms with E-state index >= 15 is 0 Å². The largest absolute Gasteiger partial charge is 0.467 e. The van der Waals surface area contributed by atoms with Crippen LogP contribution in [-0.2, 0) is 0 Å². The van der Waals surface area contributed by atoms with E-state index in [0.29, 0.717) is 17.6 Å². The van der Waals surface area contributed by atoms with E-state index in [0.717, 1.165) is 97.4 Å². The van der Waals surface area contributed by atoms with Crippen molar-refractivity contribution in [1.82, 2.24) is 39.9 Å². The molecule has 6 aromatic rings. The smallest absolute Gasteiger partial charge is 0.344 e. The van der Waals surface area contributed by atoms with Crippen molar-refractivity contribution in [2.45, 2.75) is 0 Å². The molecule has 9 N–H and O–H groups in total. The SMILES string of the molecule is COc1ncc(-c2cccc(N3CCN(c4cnc(N)nc4N)CC3)c2)cn1.Nc1ncc(N2CCN(c3cccc(-c4cnc(=O)[nH]c4)c3)CC2)c(N)n1. The first-order chi connectivity index (χ1) is 26.7. The zero-order valence-corrected chi connectivity index (χ0v) is 30.3. The number of rotatable bonds is 7. The summed E-state index contributed by atoms with van der Waals surface area (Å²) in [5, 5.41) is 0. The minimum Gasteiger partial charge on any atom is -0.467 e. The molecule has 282 valence electrons. The maximum atomic E-state index is 11.2. The first kappa shape index (κ1) is 36.1.